The zero-order valence-corrected chi connectivity index (χ0v) is 13.0. The fourth-order valence-corrected chi connectivity index (χ4v) is 3.34. The molecule has 0 aromatic carbocycles. The summed E-state index contributed by atoms with van der Waals surface area (Å²) in [4.78, 5) is 4.22. The van der Waals surface area contributed by atoms with Gasteiger partial charge in [0.05, 0.1) is 18.0 Å². The fraction of sp³-hybridized carbons (Fsp3) is 0.643. The SMILES string of the molecule is CC(C)Oc1ccc(C2CC(CS(=O)(=O)O)CCO2)cn1. The molecule has 0 aliphatic carbocycles. The number of aromatic nitrogens is 1. The first-order valence-corrected chi connectivity index (χ1v) is 8.64. The molecule has 118 valence electrons. The smallest absolute Gasteiger partial charge is 0.265 e. The Bertz CT molecular complexity index is 555. The minimum Gasteiger partial charge on any atom is -0.475 e. The van der Waals surface area contributed by atoms with Gasteiger partial charge in [0, 0.05) is 18.9 Å². The molecule has 2 atom stereocenters. The van der Waals surface area contributed by atoms with E-state index in [1.165, 1.54) is 0 Å². The maximum Gasteiger partial charge on any atom is 0.265 e. The average Bonchev–Trinajstić information content (AvgIpc) is 2.37. The molecule has 1 N–H and O–H groups in total. The number of hydrogen-bond acceptors (Lipinski definition) is 5. The molecule has 0 radical (unpaired) electrons. The van der Waals surface area contributed by atoms with E-state index in [4.69, 9.17) is 14.0 Å². The first kappa shape index (κ1) is 16.2. The average molecular weight is 315 g/mol. The predicted molar refractivity (Wildman–Crippen MR) is 77.8 cm³/mol. The lowest BCUT2D eigenvalue weighted by Gasteiger charge is -2.29. The van der Waals surface area contributed by atoms with Gasteiger partial charge in [-0.25, -0.2) is 4.98 Å². The van der Waals surface area contributed by atoms with E-state index in [1.807, 2.05) is 19.9 Å². The molecule has 21 heavy (non-hydrogen) atoms. The van der Waals surface area contributed by atoms with Gasteiger partial charge in [0.1, 0.15) is 0 Å². The standard InChI is InChI=1S/C14H21NO5S/c1-10(2)20-14-4-3-12(8-15-14)13-7-11(5-6-19-13)9-21(16,17)18/h3-4,8,10-11,13H,5-7,9H2,1-2H3,(H,16,17,18). The zero-order valence-electron chi connectivity index (χ0n) is 12.2. The van der Waals surface area contributed by atoms with Crippen LogP contribution in [0.25, 0.3) is 0 Å². The van der Waals surface area contributed by atoms with Crippen molar-refractivity contribution in [3.8, 4) is 5.88 Å². The molecule has 0 amide bonds. The van der Waals surface area contributed by atoms with E-state index in [-0.39, 0.29) is 23.9 Å². The molecule has 2 rings (SSSR count). The van der Waals surface area contributed by atoms with Crippen molar-refractivity contribution in [3.05, 3.63) is 23.9 Å². The summed E-state index contributed by atoms with van der Waals surface area (Å²) in [5.41, 5.74) is 0.895. The van der Waals surface area contributed by atoms with Gasteiger partial charge in [0.15, 0.2) is 0 Å². The van der Waals surface area contributed by atoms with Gasteiger partial charge in [0.2, 0.25) is 5.88 Å². The molecular weight excluding hydrogens is 294 g/mol. The van der Waals surface area contributed by atoms with Crippen molar-refractivity contribution in [3.63, 3.8) is 0 Å². The molecule has 0 spiro atoms. The van der Waals surface area contributed by atoms with Crippen LogP contribution in [0.15, 0.2) is 18.3 Å². The van der Waals surface area contributed by atoms with Gasteiger partial charge < -0.3 is 9.47 Å². The van der Waals surface area contributed by atoms with Crippen molar-refractivity contribution in [2.24, 2.45) is 5.92 Å². The van der Waals surface area contributed by atoms with E-state index in [0.717, 1.165) is 5.56 Å². The van der Waals surface area contributed by atoms with Gasteiger partial charge in [-0.15, -0.1) is 0 Å². The Morgan fingerprint density at radius 2 is 2.24 bits per heavy atom. The summed E-state index contributed by atoms with van der Waals surface area (Å²) in [6.45, 7) is 4.34. The number of hydrogen-bond donors (Lipinski definition) is 1. The van der Waals surface area contributed by atoms with Crippen LogP contribution < -0.4 is 4.74 Å². The Labute approximate surface area is 125 Å². The van der Waals surface area contributed by atoms with E-state index in [2.05, 4.69) is 4.98 Å². The normalized spacial score (nSPS) is 23.2. The Morgan fingerprint density at radius 1 is 1.48 bits per heavy atom. The minimum absolute atomic E-state index is 0.0634. The fourth-order valence-electron chi connectivity index (χ4n) is 2.44. The summed E-state index contributed by atoms with van der Waals surface area (Å²) >= 11 is 0. The highest BCUT2D eigenvalue weighted by atomic mass is 32.2. The van der Waals surface area contributed by atoms with Crippen LogP contribution in [0.5, 0.6) is 5.88 Å². The van der Waals surface area contributed by atoms with Crippen LogP contribution in [0.1, 0.15) is 38.4 Å². The van der Waals surface area contributed by atoms with E-state index < -0.39 is 10.1 Å². The van der Waals surface area contributed by atoms with Crippen molar-refractivity contribution >= 4 is 10.1 Å². The topological polar surface area (TPSA) is 85.7 Å². The van der Waals surface area contributed by atoms with Crippen LogP contribution in [0.3, 0.4) is 0 Å². The number of pyridine rings is 1. The van der Waals surface area contributed by atoms with E-state index in [1.54, 1.807) is 12.3 Å². The zero-order chi connectivity index (χ0) is 15.5. The molecule has 2 unspecified atom stereocenters. The number of nitrogens with zero attached hydrogens (tertiary/aromatic N) is 1. The molecule has 0 bridgehead atoms. The van der Waals surface area contributed by atoms with Gasteiger partial charge in [-0.3, -0.25) is 4.55 Å². The summed E-state index contributed by atoms with van der Waals surface area (Å²) in [6.07, 6.45) is 2.77. The highest BCUT2D eigenvalue weighted by Gasteiger charge is 2.27. The van der Waals surface area contributed by atoms with E-state index >= 15 is 0 Å². The van der Waals surface area contributed by atoms with Gasteiger partial charge in [-0.05, 0) is 44.2 Å². The summed E-state index contributed by atoms with van der Waals surface area (Å²) in [5, 5.41) is 0. The van der Waals surface area contributed by atoms with Crippen molar-refractivity contribution in [2.45, 2.75) is 38.9 Å². The Kier molecular flexibility index (Phi) is 5.18. The first-order valence-electron chi connectivity index (χ1n) is 7.03. The monoisotopic (exact) mass is 315 g/mol. The highest BCUT2D eigenvalue weighted by molar-refractivity contribution is 7.85. The Morgan fingerprint density at radius 3 is 2.81 bits per heavy atom. The van der Waals surface area contributed by atoms with Gasteiger partial charge in [-0.1, -0.05) is 0 Å². The third-order valence-corrected chi connectivity index (χ3v) is 4.22. The van der Waals surface area contributed by atoms with E-state index in [0.29, 0.717) is 25.3 Å². The first-order chi connectivity index (χ1) is 9.83. The lowest BCUT2D eigenvalue weighted by molar-refractivity contribution is -0.00611. The van der Waals surface area contributed by atoms with Crippen LogP contribution >= 0.6 is 0 Å². The molecule has 1 aromatic heterocycles. The maximum atomic E-state index is 11.0. The Balaban J connectivity index is 2.00. The van der Waals surface area contributed by atoms with Gasteiger partial charge in [0.25, 0.3) is 10.1 Å². The minimum atomic E-state index is -3.94. The quantitative estimate of drug-likeness (QED) is 0.839. The predicted octanol–water partition coefficient (Wildman–Crippen LogP) is 2.22. The lowest BCUT2D eigenvalue weighted by Crippen LogP contribution is -2.25. The van der Waals surface area contributed by atoms with Gasteiger partial charge >= 0.3 is 0 Å². The number of ether oxygens (including phenoxy) is 2. The largest absolute Gasteiger partial charge is 0.475 e. The molecule has 1 aromatic rings. The highest BCUT2D eigenvalue weighted by Crippen LogP contribution is 2.32. The summed E-state index contributed by atoms with van der Waals surface area (Å²) in [6, 6.07) is 3.66. The molecule has 1 aliphatic heterocycles. The second-order valence-corrected chi connectivity index (χ2v) is 7.09. The second kappa shape index (κ2) is 6.72. The van der Waals surface area contributed by atoms with Crippen LogP contribution in [0.4, 0.5) is 0 Å². The van der Waals surface area contributed by atoms with Gasteiger partial charge in [-0.2, -0.15) is 8.42 Å². The van der Waals surface area contributed by atoms with Crippen molar-refractivity contribution in [1.29, 1.82) is 0 Å². The molecule has 1 fully saturated rings. The third kappa shape index (κ3) is 5.26. The van der Waals surface area contributed by atoms with Crippen molar-refractivity contribution in [1.82, 2.24) is 4.98 Å². The summed E-state index contributed by atoms with van der Waals surface area (Å²) in [5.74, 6) is 0.249. The molecular formula is C14H21NO5S. The summed E-state index contributed by atoms with van der Waals surface area (Å²) in [7, 11) is -3.94. The molecule has 7 heteroatoms. The molecule has 0 saturated carbocycles. The molecule has 2 heterocycles. The molecule has 1 aliphatic rings. The van der Waals surface area contributed by atoms with Crippen LogP contribution in [-0.4, -0.2) is 36.4 Å². The Hall–Kier alpha value is -1.18. The number of rotatable bonds is 5. The lowest BCUT2D eigenvalue weighted by atomic mass is 9.94. The second-order valence-electron chi connectivity index (χ2n) is 5.59. The summed E-state index contributed by atoms with van der Waals surface area (Å²) < 4.78 is 42.1. The van der Waals surface area contributed by atoms with E-state index in [9.17, 15) is 8.42 Å². The third-order valence-electron chi connectivity index (χ3n) is 3.33. The molecule has 6 nitrogen and oxygen atoms in total. The van der Waals surface area contributed by atoms with Crippen LogP contribution in [0.2, 0.25) is 0 Å². The van der Waals surface area contributed by atoms with Crippen LogP contribution in [0, 0.1) is 5.92 Å². The molecule has 1 saturated heterocycles. The van der Waals surface area contributed by atoms with Crippen molar-refractivity contribution < 1.29 is 22.4 Å². The van der Waals surface area contributed by atoms with Crippen LogP contribution in [-0.2, 0) is 14.9 Å². The maximum absolute atomic E-state index is 11.0. The van der Waals surface area contributed by atoms with Crippen molar-refractivity contribution in [2.75, 3.05) is 12.4 Å².